The molecule has 0 bridgehead atoms. The molecular formula is C30H36FN3O5S. The van der Waals surface area contributed by atoms with Crippen molar-refractivity contribution in [2.24, 2.45) is 17.8 Å². The number of thioether (sulfide) groups is 1. The number of phenolic OH excluding ortho intramolecular Hbond substituents is 1. The fourth-order valence-corrected chi connectivity index (χ4v) is 7.48. The number of pyridine rings is 1. The SMILES string of the molecule is O=C1CC(C2CCC(CNC(=O)C(O)c3cccc(O)c3)CC2)CC(=O)N(C2CCSCC2)c2ncc(F)cc21. The minimum Gasteiger partial charge on any atom is -0.508 e. The highest BCUT2D eigenvalue weighted by atomic mass is 32.2. The second kappa shape index (κ2) is 12.7. The van der Waals surface area contributed by atoms with Crippen molar-refractivity contribution in [2.75, 3.05) is 23.0 Å². The summed E-state index contributed by atoms with van der Waals surface area (Å²) in [7, 11) is 0. The average molecular weight is 570 g/mol. The second-order valence-electron chi connectivity index (χ2n) is 11.2. The van der Waals surface area contributed by atoms with Crippen LogP contribution in [0, 0.1) is 23.6 Å². The molecule has 2 amide bonds. The lowest BCUT2D eigenvalue weighted by Crippen LogP contribution is -2.46. The summed E-state index contributed by atoms with van der Waals surface area (Å²) in [6.07, 6.45) is 5.18. The van der Waals surface area contributed by atoms with E-state index in [9.17, 15) is 29.0 Å². The largest absolute Gasteiger partial charge is 0.508 e. The van der Waals surface area contributed by atoms with Gasteiger partial charge >= 0.3 is 0 Å². The molecule has 2 unspecified atom stereocenters. The zero-order valence-electron chi connectivity index (χ0n) is 22.4. The van der Waals surface area contributed by atoms with Gasteiger partial charge in [-0.15, -0.1) is 0 Å². The number of nitrogens with zero attached hydrogens (tertiary/aromatic N) is 2. The Hall–Kier alpha value is -2.98. The maximum Gasteiger partial charge on any atom is 0.253 e. The average Bonchev–Trinajstić information content (AvgIpc) is 2.96. The van der Waals surface area contributed by atoms with E-state index >= 15 is 0 Å². The summed E-state index contributed by atoms with van der Waals surface area (Å²) in [5.74, 6) is 1.17. The third-order valence-electron chi connectivity index (χ3n) is 8.63. The number of Topliss-reactive ketones (excluding diaryl/α,β-unsaturated/α-hetero) is 1. The lowest BCUT2D eigenvalue weighted by molar-refractivity contribution is -0.130. The molecule has 3 heterocycles. The molecule has 1 aromatic heterocycles. The van der Waals surface area contributed by atoms with Crippen molar-refractivity contribution >= 4 is 35.2 Å². The lowest BCUT2D eigenvalue weighted by Gasteiger charge is -2.39. The number of aromatic nitrogens is 1. The second-order valence-corrected chi connectivity index (χ2v) is 12.5. The molecule has 1 aromatic carbocycles. The number of hydrogen-bond acceptors (Lipinski definition) is 7. The predicted molar refractivity (Wildman–Crippen MR) is 151 cm³/mol. The van der Waals surface area contributed by atoms with Crippen molar-refractivity contribution in [2.45, 2.75) is 63.5 Å². The fourth-order valence-electron chi connectivity index (χ4n) is 6.40. The molecule has 0 spiro atoms. The van der Waals surface area contributed by atoms with Gasteiger partial charge in [0.1, 0.15) is 17.4 Å². The van der Waals surface area contributed by atoms with Crippen LogP contribution in [0.4, 0.5) is 10.2 Å². The monoisotopic (exact) mass is 569 g/mol. The van der Waals surface area contributed by atoms with E-state index in [4.69, 9.17) is 0 Å². The number of carbonyl (C=O) groups is 3. The number of anilines is 1. The van der Waals surface area contributed by atoms with Crippen molar-refractivity contribution in [1.29, 1.82) is 0 Å². The summed E-state index contributed by atoms with van der Waals surface area (Å²) in [6.45, 7) is 0.426. The number of fused-ring (bicyclic) bond motifs is 1. The van der Waals surface area contributed by atoms with Gasteiger partial charge in [0.25, 0.3) is 5.91 Å². The number of aromatic hydroxyl groups is 1. The summed E-state index contributed by atoms with van der Waals surface area (Å²) in [4.78, 5) is 45.5. The van der Waals surface area contributed by atoms with Crippen LogP contribution in [0.5, 0.6) is 5.75 Å². The molecule has 1 aliphatic carbocycles. The van der Waals surface area contributed by atoms with Gasteiger partial charge in [-0.1, -0.05) is 12.1 Å². The molecule has 0 radical (unpaired) electrons. The van der Waals surface area contributed by atoms with Crippen molar-refractivity contribution in [3.63, 3.8) is 0 Å². The molecular weight excluding hydrogens is 533 g/mol. The van der Waals surface area contributed by atoms with Crippen LogP contribution in [0.3, 0.4) is 0 Å². The minimum atomic E-state index is -1.36. The molecule has 1 saturated heterocycles. The van der Waals surface area contributed by atoms with Crippen molar-refractivity contribution < 1.29 is 29.0 Å². The molecule has 10 heteroatoms. The van der Waals surface area contributed by atoms with E-state index in [0.29, 0.717) is 17.9 Å². The van der Waals surface area contributed by atoms with E-state index in [1.807, 2.05) is 11.8 Å². The smallest absolute Gasteiger partial charge is 0.253 e. The first-order valence-corrected chi connectivity index (χ1v) is 15.3. The maximum atomic E-state index is 14.2. The Morgan fingerprint density at radius 2 is 1.82 bits per heavy atom. The summed E-state index contributed by atoms with van der Waals surface area (Å²) in [5.41, 5.74) is 0.537. The number of benzene rings is 1. The number of phenols is 1. The Balaban J connectivity index is 1.22. The Morgan fingerprint density at radius 3 is 2.55 bits per heavy atom. The number of amides is 2. The van der Waals surface area contributed by atoms with Gasteiger partial charge in [-0.3, -0.25) is 19.3 Å². The van der Waals surface area contributed by atoms with Crippen LogP contribution in [0.2, 0.25) is 0 Å². The first-order chi connectivity index (χ1) is 19.3. The first kappa shape index (κ1) is 28.5. The quantitative estimate of drug-likeness (QED) is 0.472. The Morgan fingerprint density at radius 1 is 1.07 bits per heavy atom. The number of ketones is 1. The molecule has 3 N–H and O–H groups in total. The third-order valence-corrected chi connectivity index (χ3v) is 9.68. The van der Waals surface area contributed by atoms with Crippen LogP contribution in [0.15, 0.2) is 36.5 Å². The van der Waals surface area contributed by atoms with Crippen molar-refractivity contribution in [1.82, 2.24) is 10.3 Å². The fraction of sp³-hybridized carbons (Fsp3) is 0.533. The number of aliphatic hydroxyl groups is 1. The van der Waals surface area contributed by atoms with E-state index < -0.39 is 17.8 Å². The molecule has 1 saturated carbocycles. The van der Waals surface area contributed by atoms with Gasteiger partial charge in [0, 0.05) is 25.4 Å². The van der Waals surface area contributed by atoms with Crippen LogP contribution in [0.25, 0.3) is 0 Å². The number of rotatable bonds is 6. The first-order valence-electron chi connectivity index (χ1n) is 14.1. The van der Waals surface area contributed by atoms with E-state index in [2.05, 4.69) is 10.3 Å². The van der Waals surface area contributed by atoms with Crippen LogP contribution >= 0.6 is 11.8 Å². The predicted octanol–water partition coefficient (Wildman–Crippen LogP) is 4.40. The topological polar surface area (TPSA) is 120 Å². The molecule has 40 heavy (non-hydrogen) atoms. The number of hydrogen-bond donors (Lipinski definition) is 3. The van der Waals surface area contributed by atoms with Crippen LogP contribution < -0.4 is 10.2 Å². The van der Waals surface area contributed by atoms with Crippen molar-refractivity contribution in [3.8, 4) is 5.75 Å². The third kappa shape index (κ3) is 6.49. The molecule has 2 aliphatic heterocycles. The van der Waals surface area contributed by atoms with Gasteiger partial charge in [0.15, 0.2) is 11.9 Å². The summed E-state index contributed by atoms with van der Waals surface area (Å²) in [5, 5.41) is 22.8. The highest BCUT2D eigenvalue weighted by Crippen LogP contribution is 2.40. The molecule has 3 aliphatic rings. The van der Waals surface area contributed by atoms with Gasteiger partial charge in [-0.2, -0.15) is 11.8 Å². The highest BCUT2D eigenvalue weighted by molar-refractivity contribution is 7.99. The number of nitrogens with one attached hydrogen (secondary N) is 1. The van der Waals surface area contributed by atoms with Gasteiger partial charge in [0.05, 0.1) is 11.8 Å². The Labute approximate surface area is 237 Å². The molecule has 2 aromatic rings. The van der Waals surface area contributed by atoms with Gasteiger partial charge in [0.2, 0.25) is 5.91 Å². The maximum absolute atomic E-state index is 14.2. The van der Waals surface area contributed by atoms with Crippen LogP contribution in [0.1, 0.15) is 73.4 Å². The molecule has 8 nitrogen and oxygen atoms in total. The van der Waals surface area contributed by atoms with Crippen LogP contribution in [-0.4, -0.2) is 56.9 Å². The number of aliphatic hydroxyl groups excluding tert-OH is 1. The molecule has 2 atom stereocenters. The zero-order valence-corrected chi connectivity index (χ0v) is 23.2. The van der Waals surface area contributed by atoms with E-state index in [1.54, 1.807) is 17.0 Å². The lowest BCUT2D eigenvalue weighted by atomic mass is 9.72. The van der Waals surface area contributed by atoms with Gasteiger partial charge < -0.3 is 15.5 Å². The van der Waals surface area contributed by atoms with Crippen LogP contribution in [-0.2, 0) is 9.59 Å². The normalized spacial score (nSPS) is 25.1. The molecule has 2 fully saturated rings. The summed E-state index contributed by atoms with van der Waals surface area (Å²) >= 11 is 1.85. The van der Waals surface area contributed by atoms with E-state index in [0.717, 1.165) is 56.2 Å². The highest BCUT2D eigenvalue weighted by Gasteiger charge is 2.38. The number of carbonyl (C=O) groups excluding carboxylic acids is 3. The number of halogens is 1. The Kier molecular flexibility index (Phi) is 9.05. The standard InChI is InChI=1S/C30H36FN3O5S/c31-22-15-25-26(36)13-21(14-27(37)34(29(25)32-17-22)23-8-10-40-11-9-23)19-6-4-18(5-7-19)16-33-30(39)28(38)20-2-1-3-24(35)12-20/h1-3,12,15,17-19,21,23,28,35,38H,4-11,13-14,16H2,(H,33,39). The van der Waals surface area contributed by atoms with Gasteiger partial charge in [-0.25, -0.2) is 9.37 Å². The van der Waals surface area contributed by atoms with Crippen molar-refractivity contribution in [3.05, 3.63) is 53.5 Å². The van der Waals surface area contributed by atoms with Gasteiger partial charge in [-0.05, 0) is 91.5 Å². The zero-order chi connectivity index (χ0) is 28.2. The molecule has 214 valence electrons. The van der Waals surface area contributed by atoms with E-state index in [1.165, 1.54) is 18.2 Å². The van der Waals surface area contributed by atoms with E-state index in [-0.39, 0.29) is 59.6 Å². The summed E-state index contributed by atoms with van der Waals surface area (Å²) in [6, 6.07) is 7.20. The summed E-state index contributed by atoms with van der Waals surface area (Å²) < 4.78 is 14.2. The molecule has 5 rings (SSSR count). The minimum absolute atomic E-state index is 0.0143. The Bertz CT molecular complexity index is 1250.